The van der Waals surface area contributed by atoms with Crippen LogP contribution in [-0.2, 0) is 11.3 Å². The Kier molecular flexibility index (Phi) is 0.522. The molecule has 1 spiro atoms. The number of esters is 1. The molecule has 132 valence electrons. The number of hydrogen-bond acceptors (Lipinski definition) is 4. The van der Waals surface area contributed by atoms with Crippen molar-refractivity contribution in [3.63, 3.8) is 0 Å². The molecule has 5 heteroatoms. The molecule has 0 amide bonds. The van der Waals surface area contributed by atoms with Crippen molar-refractivity contribution in [2.45, 2.75) is 54.6 Å². The van der Waals surface area contributed by atoms with E-state index in [1.54, 1.807) is 6.07 Å². The van der Waals surface area contributed by atoms with Gasteiger partial charge < -0.3 is 0 Å². The number of rotatable bonds is 2. The summed E-state index contributed by atoms with van der Waals surface area (Å²) in [5, 5.41) is 10.2. The molecule has 10 fully saturated rings. The van der Waals surface area contributed by atoms with Gasteiger partial charge in [-0.25, -0.2) is 0 Å². The first-order valence-electron chi connectivity index (χ1n) is 9.54. The molecule has 1 aromatic carbocycles. The van der Waals surface area contributed by atoms with E-state index in [4.69, 9.17) is 4.74 Å². The number of fused-ring (bicyclic) bond motifs is 10. The summed E-state index contributed by atoms with van der Waals surface area (Å²) in [6.07, 6.45) is 0. The topological polar surface area (TPSA) is 63.6 Å². The first-order valence-corrected chi connectivity index (χ1v) is 15.8. The molecule has 4 unspecified atom stereocenters. The van der Waals surface area contributed by atoms with Gasteiger partial charge in [-0.3, -0.25) is 0 Å². The van der Waals surface area contributed by atoms with Crippen LogP contribution in [0, 0.1) is 11.8 Å². The summed E-state index contributed by atoms with van der Waals surface area (Å²) >= 11 is 0. The number of aromatic hydroxyl groups is 1. The Balaban J connectivity index is 1.06. The van der Waals surface area contributed by atoms with Crippen LogP contribution in [0.4, 0.5) is 0 Å². The van der Waals surface area contributed by atoms with Gasteiger partial charge in [-0.15, -0.1) is 0 Å². The summed E-state index contributed by atoms with van der Waals surface area (Å²) in [4.78, 5) is 34.2. The second kappa shape index (κ2) is 1.22. The van der Waals surface area contributed by atoms with E-state index in [-0.39, 0.29) is 22.8 Å². The van der Waals surface area contributed by atoms with Crippen molar-refractivity contribution in [1.82, 2.24) is 0 Å². The summed E-state index contributed by atoms with van der Waals surface area (Å²) in [5.41, 5.74) is 0.222. The van der Waals surface area contributed by atoms with Crippen molar-refractivity contribution in [1.29, 1.82) is 0 Å². The fourth-order valence-corrected chi connectivity index (χ4v) is 90.6. The van der Waals surface area contributed by atoms with E-state index in [2.05, 4.69) is 11.8 Å². The van der Waals surface area contributed by atoms with Gasteiger partial charge in [0.15, 0.2) is 0 Å². The molecule has 0 bridgehead atoms. The normalized spacial score (nSPS) is 80.9. The number of Topliss-reactive ketones (excluding diaryl/α,β-unsaturated/α-hetero) is 1. The van der Waals surface area contributed by atoms with Gasteiger partial charge in [-0.2, -0.15) is 0 Å². The average molecular weight is 388 g/mol. The van der Waals surface area contributed by atoms with Crippen LogP contribution < -0.4 is 4.74 Å². The van der Waals surface area contributed by atoms with E-state index in [9.17, 15) is 14.7 Å². The number of benzene rings is 1. The molecular weight excluding hydrogens is 372 g/mol. The third-order valence-electron chi connectivity index (χ3n) is 16.5. The van der Waals surface area contributed by atoms with Gasteiger partial charge in [0.05, 0.1) is 0 Å². The van der Waals surface area contributed by atoms with Crippen LogP contribution >= 0.6 is 0 Å². The third-order valence-corrected chi connectivity index (χ3v) is 58.7. The summed E-state index contributed by atoms with van der Waals surface area (Å²) in [6, 6.07) is 4.38. The van der Waals surface area contributed by atoms with E-state index >= 15 is 0 Å². The molecule has 26 heavy (non-hydrogen) atoms. The maximum absolute atomic E-state index is 12.7. The predicted octanol–water partition coefficient (Wildman–Crippen LogP) is 4.26. The van der Waals surface area contributed by atoms with Gasteiger partial charge in [0.2, 0.25) is 0 Å². The molecule has 0 saturated carbocycles. The average Bonchev–Trinajstić information content (AvgIpc) is 3.52. The molecule has 11 rings (SSSR count). The van der Waals surface area contributed by atoms with Crippen molar-refractivity contribution >= 4 is 11.8 Å². The molecule has 10 heterocycles. The van der Waals surface area contributed by atoms with Gasteiger partial charge in [-0.05, 0) is 0 Å². The minimum absolute atomic E-state index is 0.159. The van der Waals surface area contributed by atoms with Crippen LogP contribution in [-0.4, -0.2) is 16.9 Å². The second-order valence-electron chi connectivity index (χ2n) is 12.5. The van der Waals surface area contributed by atoms with Gasteiger partial charge >= 0.3 is 139 Å². The van der Waals surface area contributed by atoms with Gasteiger partial charge in [-0.1, -0.05) is 0 Å². The molecule has 0 aliphatic carbocycles. The Hall–Kier alpha value is -1.76. The van der Waals surface area contributed by atoms with Crippen molar-refractivity contribution in [3.8, 4) is 23.3 Å². The van der Waals surface area contributed by atoms with E-state index in [1.165, 1.54) is 52.8 Å². The monoisotopic (exact) mass is 388 g/mol. The number of carbonyl (C=O) groups is 2. The van der Waals surface area contributed by atoms with Crippen molar-refractivity contribution in [2.24, 2.45) is 0 Å². The predicted molar refractivity (Wildman–Crippen MR) is 88.0 cm³/mol. The molecule has 0 aromatic heterocycles. The molecule has 0 radical (unpaired) electrons. The first-order chi connectivity index (χ1) is 12.2. The van der Waals surface area contributed by atoms with Crippen molar-refractivity contribution < 1.29 is 25.9 Å². The van der Waals surface area contributed by atoms with Gasteiger partial charge in [0.1, 0.15) is 0 Å². The zero-order valence-electron chi connectivity index (χ0n) is 14.0. The Morgan fingerprint density at radius 2 is 1.69 bits per heavy atom. The molecule has 1 aromatic rings. The number of ketones is 1. The second-order valence-corrected chi connectivity index (χ2v) is 36.1. The van der Waals surface area contributed by atoms with Crippen molar-refractivity contribution in [2.75, 3.05) is 0 Å². The first kappa shape index (κ1) is 11.2. The van der Waals surface area contributed by atoms with Gasteiger partial charge in [0, 0.05) is 0 Å². The maximum atomic E-state index is 12.7. The van der Waals surface area contributed by atoms with Crippen LogP contribution in [0.2, 0.25) is 47.7 Å². The SMILES string of the molecule is CC(=O)Oc1ccc(C(=O)C#C[C]23[CH]4[CH]5[CH]6[CH]2[Fe]56432789[CH]3[CH]2[CH]7[CH]8[CH]39)c(O)c1. The molecule has 4 atom stereocenters. The van der Waals surface area contributed by atoms with Crippen LogP contribution in [0.3, 0.4) is 0 Å². The van der Waals surface area contributed by atoms with Crippen LogP contribution in [0.1, 0.15) is 17.3 Å². The minimum atomic E-state index is -3.25. The summed E-state index contributed by atoms with van der Waals surface area (Å²) < 4.78 is 5.36. The summed E-state index contributed by atoms with van der Waals surface area (Å²) in [6.45, 7) is -1.94. The Bertz CT molecular complexity index is 1480. The van der Waals surface area contributed by atoms with Gasteiger partial charge in [0.25, 0.3) is 0 Å². The standard InChI is InChI=1S/C16H11O4.C5H5.Fe/c1-11(17)20-13-7-8-14(16(19)10-13)15(18)9-6-12-4-2-3-5-12;1-2-4-5-3-1;/h2-5,7-8,10,19H,1H3;1-5H;. The number of ether oxygens (including phenoxy) is 1. The quantitative estimate of drug-likeness (QED) is 0.205. The van der Waals surface area contributed by atoms with E-state index in [0.717, 1.165) is 9.63 Å². The Morgan fingerprint density at radius 1 is 1.08 bits per heavy atom. The summed E-state index contributed by atoms with van der Waals surface area (Å²) in [7, 11) is 0. The zero-order valence-corrected chi connectivity index (χ0v) is 15.1. The molecule has 1 N–H and O–H groups in total. The molecule has 4 nitrogen and oxygen atoms in total. The zero-order chi connectivity index (χ0) is 17.1. The Morgan fingerprint density at radius 3 is 2.12 bits per heavy atom. The van der Waals surface area contributed by atoms with E-state index in [0.29, 0.717) is 4.31 Å². The van der Waals surface area contributed by atoms with Crippen LogP contribution in [0.25, 0.3) is 0 Å². The molecule has 10 aliphatic rings. The van der Waals surface area contributed by atoms with E-state index in [1.807, 2.05) is 0 Å². The van der Waals surface area contributed by atoms with Crippen LogP contribution in [0.5, 0.6) is 11.5 Å². The number of hydrogen-bond donors (Lipinski definition) is 1. The fourth-order valence-electron chi connectivity index (χ4n) is 17.7. The third kappa shape index (κ3) is 0.177. The van der Waals surface area contributed by atoms with Crippen LogP contribution in [0.15, 0.2) is 18.2 Å². The molecule has 10 saturated heterocycles. The number of phenolic OH excluding ortho intramolecular Hbond substituents is 1. The molecular formula is C21H16FeO4. The van der Waals surface area contributed by atoms with Crippen molar-refractivity contribution in [3.05, 3.63) is 23.8 Å². The fraction of sp³-hybridized carbons (Fsp3) is 0.524. The molecule has 10 aliphatic heterocycles. The number of phenols is 1. The Labute approximate surface area is 139 Å². The van der Waals surface area contributed by atoms with E-state index < -0.39 is 12.5 Å². The number of carbonyl (C=O) groups excluding carboxylic acids is 2. The summed E-state index contributed by atoms with van der Waals surface area (Å²) in [5.74, 6) is 5.99.